The summed E-state index contributed by atoms with van der Waals surface area (Å²) in [5, 5.41) is 17.4. The zero-order chi connectivity index (χ0) is 14.4. The quantitative estimate of drug-likeness (QED) is 0.710. The Morgan fingerprint density at radius 2 is 2.26 bits per heavy atom. The molecular formula is C11H20N4O3S. The number of methoxy groups -OCH3 is 1. The molecule has 0 aliphatic heterocycles. The average molecular weight is 288 g/mol. The van der Waals surface area contributed by atoms with E-state index in [1.54, 1.807) is 7.11 Å². The van der Waals surface area contributed by atoms with Crippen LogP contribution in [0.25, 0.3) is 0 Å². The van der Waals surface area contributed by atoms with Gasteiger partial charge in [-0.2, -0.15) is 0 Å². The van der Waals surface area contributed by atoms with E-state index in [9.17, 15) is 4.79 Å². The van der Waals surface area contributed by atoms with Gasteiger partial charge in [0.1, 0.15) is 0 Å². The maximum atomic E-state index is 10.6. The molecule has 0 saturated carbocycles. The van der Waals surface area contributed by atoms with Crippen molar-refractivity contribution in [2.45, 2.75) is 25.0 Å². The first-order chi connectivity index (χ1) is 9.01. The van der Waals surface area contributed by atoms with E-state index >= 15 is 0 Å². The Hall–Kier alpha value is -1.28. The number of hydrogen-bond donors (Lipinski definition) is 1. The van der Waals surface area contributed by atoms with Crippen molar-refractivity contribution in [3.05, 3.63) is 0 Å². The van der Waals surface area contributed by atoms with Gasteiger partial charge in [0.2, 0.25) is 5.95 Å². The van der Waals surface area contributed by atoms with Gasteiger partial charge in [0.25, 0.3) is 0 Å². The summed E-state index contributed by atoms with van der Waals surface area (Å²) in [6, 6.07) is 0.176. The number of carboxylic acid groups (broad SMARTS) is 1. The van der Waals surface area contributed by atoms with Crippen LogP contribution in [0.1, 0.15) is 13.8 Å². The number of aromatic nitrogens is 3. The number of carbonyl (C=O) groups is 1. The smallest absolute Gasteiger partial charge is 0.313 e. The maximum absolute atomic E-state index is 10.6. The molecule has 1 rings (SSSR count). The second-order valence-electron chi connectivity index (χ2n) is 4.11. The van der Waals surface area contributed by atoms with E-state index < -0.39 is 5.97 Å². The summed E-state index contributed by atoms with van der Waals surface area (Å²) >= 11 is 1.16. The summed E-state index contributed by atoms with van der Waals surface area (Å²) in [5.41, 5.74) is 0. The molecule has 1 aromatic rings. The van der Waals surface area contributed by atoms with E-state index in [-0.39, 0.29) is 11.8 Å². The monoisotopic (exact) mass is 288 g/mol. The highest BCUT2D eigenvalue weighted by atomic mass is 32.2. The molecule has 0 aliphatic carbocycles. The van der Waals surface area contributed by atoms with Crippen LogP contribution in [0.5, 0.6) is 0 Å². The molecule has 0 radical (unpaired) electrons. The van der Waals surface area contributed by atoms with Crippen LogP contribution < -0.4 is 4.90 Å². The Bertz CT molecular complexity index is 424. The molecule has 0 bridgehead atoms. The van der Waals surface area contributed by atoms with E-state index in [0.29, 0.717) is 11.8 Å². The van der Waals surface area contributed by atoms with Gasteiger partial charge in [0, 0.05) is 20.7 Å². The van der Waals surface area contributed by atoms with E-state index in [1.165, 1.54) is 0 Å². The maximum Gasteiger partial charge on any atom is 0.313 e. The Morgan fingerprint density at radius 1 is 1.58 bits per heavy atom. The van der Waals surface area contributed by atoms with Gasteiger partial charge >= 0.3 is 5.97 Å². The summed E-state index contributed by atoms with van der Waals surface area (Å²) in [5.74, 6) is -0.166. The van der Waals surface area contributed by atoms with Crippen molar-refractivity contribution in [2.24, 2.45) is 7.05 Å². The van der Waals surface area contributed by atoms with Crippen molar-refractivity contribution in [1.82, 2.24) is 14.8 Å². The zero-order valence-electron chi connectivity index (χ0n) is 11.7. The van der Waals surface area contributed by atoms with Gasteiger partial charge in [0.15, 0.2) is 5.16 Å². The van der Waals surface area contributed by atoms with Crippen LogP contribution >= 0.6 is 11.8 Å². The van der Waals surface area contributed by atoms with Crippen LogP contribution in [0, 0.1) is 0 Å². The van der Waals surface area contributed by atoms with Gasteiger partial charge in [-0.1, -0.05) is 11.8 Å². The Balaban J connectivity index is 2.84. The van der Waals surface area contributed by atoms with Crippen molar-refractivity contribution in [1.29, 1.82) is 0 Å². The summed E-state index contributed by atoms with van der Waals surface area (Å²) in [6.07, 6.45) is 0. The highest BCUT2D eigenvalue weighted by Crippen LogP contribution is 2.21. The number of likely N-dealkylation sites (N-methyl/N-ethyl adjacent to an activating group) is 1. The number of rotatable bonds is 8. The fourth-order valence-corrected chi connectivity index (χ4v) is 2.42. The lowest BCUT2D eigenvalue weighted by Gasteiger charge is -2.27. The Morgan fingerprint density at radius 3 is 2.79 bits per heavy atom. The largest absolute Gasteiger partial charge is 0.481 e. The molecule has 0 aliphatic rings. The number of ether oxygens (including phenoxy) is 1. The molecule has 8 heteroatoms. The summed E-state index contributed by atoms with van der Waals surface area (Å²) in [7, 11) is 3.50. The molecule has 0 spiro atoms. The molecule has 0 amide bonds. The normalized spacial score (nSPS) is 12.4. The van der Waals surface area contributed by atoms with Crippen LogP contribution in [0.2, 0.25) is 0 Å². The van der Waals surface area contributed by atoms with Crippen LogP contribution in [0.15, 0.2) is 5.16 Å². The fraction of sp³-hybridized carbons (Fsp3) is 0.727. The summed E-state index contributed by atoms with van der Waals surface area (Å²) in [6.45, 7) is 5.45. The third-order valence-electron chi connectivity index (χ3n) is 2.67. The first-order valence-corrected chi connectivity index (χ1v) is 6.99. The molecule has 1 N–H and O–H groups in total. The molecule has 1 atom stereocenters. The van der Waals surface area contributed by atoms with Crippen LogP contribution in [-0.4, -0.2) is 57.9 Å². The molecule has 7 nitrogen and oxygen atoms in total. The van der Waals surface area contributed by atoms with Crippen LogP contribution in [-0.2, 0) is 16.6 Å². The van der Waals surface area contributed by atoms with E-state index in [4.69, 9.17) is 9.84 Å². The highest BCUT2D eigenvalue weighted by Gasteiger charge is 2.20. The standard InChI is InChI=1S/C11H20N4O3S/c1-5-15(8(2)6-18-4)10-12-13-11(14(10)3)19-7-9(16)17/h8H,5-7H2,1-4H3,(H,16,17). The molecule has 1 heterocycles. The Labute approximate surface area is 116 Å². The molecular weight excluding hydrogens is 268 g/mol. The molecule has 0 aromatic carbocycles. The van der Waals surface area contributed by atoms with Gasteiger partial charge in [0.05, 0.1) is 18.4 Å². The topological polar surface area (TPSA) is 80.5 Å². The van der Waals surface area contributed by atoms with E-state index in [1.807, 2.05) is 25.5 Å². The SMILES string of the molecule is CCN(c1nnc(SCC(=O)O)n1C)C(C)COC. The summed E-state index contributed by atoms with van der Waals surface area (Å²) in [4.78, 5) is 12.6. The van der Waals surface area contributed by atoms with Crippen LogP contribution in [0.4, 0.5) is 5.95 Å². The third-order valence-corrected chi connectivity index (χ3v) is 3.68. The van der Waals surface area contributed by atoms with Gasteiger partial charge in [-0.3, -0.25) is 9.36 Å². The van der Waals surface area contributed by atoms with Crippen LogP contribution in [0.3, 0.4) is 0 Å². The van der Waals surface area contributed by atoms with E-state index in [0.717, 1.165) is 24.3 Å². The van der Waals surface area contributed by atoms with Gasteiger partial charge in [-0.25, -0.2) is 0 Å². The minimum atomic E-state index is -0.866. The van der Waals surface area contributed by atoms with Gasteiger partial charge in [-0.05, 0) is 13.8 Å². The summed E-state index contributed by atoms with van der Waals surface area (Å²) < 4.78 is 6.96. The first-order valence-electron chi connectivity index (χ1n) is 6.00. The minimum Gasteiger partial charge on any atom is -0.481 e. The third kappa shape index (κ3) is 4.10. The van der Waals surface area contributed by atoms with E-state index in [2.05, 4.69) is 15.1 Å². The molecule has 0 fully saturated rings. The predicted molar refractivity (Wildman–Crippen MR) is 73.7 cm³/mol. The number of carboxylic acids is 1. The molecule has 1 unspecified atom stereocenters. The molecule has 0 saturated heterocycles. The van der Waals surface area contributed by atoms with Gasteiger partial charge < -0.3 is 14.7 Å². The second kappa shape index (κ2) is 7.34. The lowest BCUT2D eigenvalue weighted by molar-refractivity contribution is -0.133. The minimum absolute atomic E-state index is 0.0221. The first kappa shape index (κ1) is 15.8. The lowest BCUT2D eigenvalue weighted by Crippen LogP contribution is -2.37. The second-order valence-corrected chi connectivity index (χ2v) is 5.06. The van der Waals surface area contributed by atoms with Crippen molar-refractivity contribution >= 4 is 23.7 Å². The van der Waals surface area contributed by atoms with Crippen molar-refractivity contribution < 1.29 is 14.6 Å². The zero-order valence-corrected chi connectivity index (χ0v) is 12.5. The van der Waals surface area contributed by atoms with Gasteiger partial charge in [-0.15, -0.1) is 10.2 Å². The molecule has 1 aromatic heterocycles. The number of hydrogen-bond acceptors (Lipinski definition) is 6. The Kier molecular flexibility index (Phi) is 6.10. The highest BCUT2D eigenvalue weighted by molar-refractivity contribution is 7.99. The lowest BCUT2D eigenvalue weighted by atomic mass is 10.3. The number of nitrogens with zero attached hydrogens (tertiary/aromatic N) is 4. The fourth-order valence-electron chi connectivity index (χ4n) is 1.79. The molecule has 108 valence electrons. The van der Waals surface area contributed by atoms with Crippen molar-refractivity contribution in [3.63, 3.8) is 0 Å². The number of anilines is 1. The van der Waals surface area contributed by atoms with Crippen molar-refractivity contribution in [2.75, 3.05) is 30.9 Å². The number of aliphatic carboxylic acids is 1. The molecule has 19 heavy (non-hydrogen) atoms. The average Bonchev–Trinajstić information content (AvgIpc) is 2.70. The number of thioether (sulfide) groups is 1. The van der Waals surface area contributed by atoms with Crippen molar-refractivity contribution in [3.8, 4) is 0 Å². The predicted octanol–water partition coefficient (Wildman–Crippen LogP) is 0.853.